The summed E-state index contributed by atoms with van der Waals surface area (Å²) in [5.41, 5.74) is 14.4. The normalized spacial score (nSPS) is 32.5. The summed E-state index contributed by atoms with van der Waals surface area (Å²) in [4.78, 5) is 48.1. The third-order valence-electron chi connectivity index (χ3n) is 15.6. The molecule has 9 aliphatic rings. The van der Waals surface area contributed by atoms with Gasteiger partial charge in [-0.25, -0.2) is 47.5 Å². The molecule has 17 nitrogen and oxygen atoms in total. The first-order valence-corrected chi connectivity index (χ1v) is 28.6. The van der Waals surface area contributed by atoms with Gasteiger partial charge in [0.05, 0.1) is 40.4 Å². The topological polar surface area (TPSA) is 239 Å². The van der Waals surface area contributed by atoms with Crippen molar-refractivity contribution in [3.63, 3.8) is 0 Å². The number of nitrogens with two attached hydrogens (primary N) is 2. The second-order valence-corrected chi connectivity index (χ2v) is 24.8. The van der Waals surface area contributed by atoms with Crippen molar-refractivity contribution in [1.82, 2.24) is 30.7 Å². The lowest BCUT2D eigenvalue weighted by Gasteiger charge is -2.30. The fourth-order valence-corrected chi connectivity index (χ4v) is 11.7. The van der Waals surface area contributed by atoms with E-state index in [9.17, 15) is 27.5 Å². The largest absolute Gasteiger partial charge is 0.462 e. The molecule has 418 valence electrons. The van der Waals surface area contributed by atoms with Crippen LogP contribution in [0.25, 0.3) is 0 Å². The minimum absolute atomic E-state index is 0.0428. The van der Waals surface area contributed by atoms with E-state index in [1.807, 2.05) is 33.8 Å². The lowest BCUT2D eigenvalue weighted by atomic mass is 9.90. The maximum atomic E-state index is 14.4. The smallest absolute Gasteiger partial charge is 0.292 e. The van der Waals surface area contributed by atoms with Crippen LogP contribution in [0.5, 0.6) is 0 Å². The molecule has 4 aromatic heterocycles. The van der Waals surface area contributed by atoms with E-state index >= 15 is 0 Å². The average molecular weight is 1350 g/mol. The lowest BCUT2D eigenvalue weighted by molar-refractivity contribution is 0.0199. The number of hydroxylamine groups is 1. The van der Waals surface area contributed by atoms with Crippen molar-refractivity contribution in [2.24, 2.45) is 56.2 Å². The first kappa shape index (κ1) is 57.2. The Hall–Kier alpha value is -5.02. The highest BCUT2D eigenvalue weighted by atomic mass is 79.9. The first-order valence-electron chi connectivity index (χ1n) is 25.4. The number of benzene rings is 1. The Morgan fingerprint density at radius 1 is 0.684 bits per heavy atom. The van der Waals surface area contributed by atoms with E-state index in [4.69, 9.17) is 30.6 Å². The molecule has 14 atom stereocenters. The molecule has 4 unspecified atom stereocenters. The van der Waals surface area contributed by atoms with Crippen LogP contribution in [0.3, 0.4) is 0 Å². The molecule has 7 N–H and O–H groups in total. The van der Waals surface area contributed by atoms with Gasteiger partial charge in [-0.05, 0) is 191 Å². The summed E-state index contributed by atoms with van der Waals surface area (Å²) in [5, 5.41) is 15.8. The fourth-order valence-electron chi connectivity index (χ4n) is 10.5. The Kier molecular flexibility index (Phi) is 16.0. The molecule has 5 aromatic rings. The van der Waals surface area contributed by atoms with E-state index in [0.29, 0.717) is 59.7 Å². The van der Waals surface area contributed by atoms with Crippen LogP contribution in [0.4, 0.5) is 17.6 Å². The molecule has 6 fully saturated rings. The van der Waals surface area contributed by atoms with E-state index in [1.165, 1.54) is 42.5 Å². The van der Waals surface area contributed by atoms with Gasteiger partial charge in [-0.1, -0.05) is 23.4 Å². The van der Waals surface area contributed by atoms with Crippen LogP contribution in [-0.2, 0) is 41.3 Å². The number of ether oxygens (including phenoxy) is 2. The number of oxime groups is 1. The zero-order valence-corrected chi connectivity index (χ0v) is 49.5. The van der Waals surface area contributed by atoms with Gasteiger partial charge in [-0.15, -0.1) is 0 Å². The van der Waals surface area contributed by atoms with Gasteiger partial charge in [0.15, 0.2) is 0 Å². The number of halogens is 8. The predicted octanol–water partition coefficient (Wildman–Crippen LogP) is 9.78. The Morgan fingerprint density at radius 3 is 1.67 bits per heavy atom. The number of carbonyl (C=O) groups is 1. The van der Waals surface area contributed by atoms with E-state index in [-0.39, 0.29) is 77.0 Å². The van der Waals surface area contributed by atoms with Crippen LogP contribution in [0.15, 0.2) is 112 Å². The molecule has 0 spiro atoms. The molecule has 8 heterocycles. The van der Waals surface area contributed by atoms with Crippen LogP contribution in [0.1, 0.15) is 99.9 Å². The summed E-state index contributed by atoms with van der Waals surface area (Å²) >= 11 is 13.0. The van der Waals surface area contributed by atoms with Crippen molar-refractivity contribution in [2.45, 2.75) is 119 Å². The number of rotatable bonds is 6. The van der Waals surface area contributed by atoms with Crippen molar-refractivity contribution in [1.29, 1.82) is 0 Å². The number of nitrogens with one attached hydrogen (secondary N) is 2. The summed E-state index contributed by atoms with van der Waals surface area (Å²) < 4.78 is 68.8. The second-order valence-electron chi connectivity index (χ2n) is 21.6. The number of aliphatic imine (C=N–C) groups is 2. The standard InChI is InChI=1S/C18H15BrFN3O2.C11H11BrFN3O.C10H10BrFN2O.C10H12BrFN2O.C5H7NO/c1-18(15-12(20)7-8-14(19)21-15)11-9-13(11)25-17(23-18)22-16(24)10-5-3-2-4-6-10;1-11(5-4-7(5)17-10(14)16-11)9-6(13)2-3-8(12)15-9;1-10(5-4-7(5)15-14-10)9-6(12)2-3-8(11)13-9;1-10(13,5-4-7(5)15)9-6(12)2-3-8(11)14-9;1-3-4-2-5(4)7-6-3/h2-8,11,13H,9H2,1H3,(H,22,23,24);2-3,5,7H,4H2,1H3,(H2,14,16);2-3,5,7,14H,4H2,1H3;2-3,5,7,15H,4,13H2,1H3;4-5H,2H2,1H3/t11-,13+,18-;5-,7+,11-;2*5-,7?,10-;/m1111./s1. The number of hydrogen-bond donors (Lipinski definition) is 5. The number of aromatic nitrogens is 4. The average Bonchev–Trinajstić information content (AvgIpc) is 4.32. The monoisotopic (exact) mass is 1350 g/mol. The molecule has 25 heteroatoms. The Bertz CT molecular complexity index is 3280. The maximum Gasteiger partial charge on any atom is 0.292 e. The van der Waals surface area contributed by atoms with E-state index in [0.717, 1.165) is 19.3 Å². The molecule has 0 radical (unpaired) electrons. The van der Waals surface area contributed by atoms with Crippen LogP contribution in [-0.4, -0.2) is 79.2 Å². The number of aliphatic hydroxyl groups excluding tert-OH is 1. The Balaban J connectivity index is 0.000000116. The highest BCUT2D eigenvalue weighted by Crippen LogP contribution is 2.55. The molecular formula is C54H55Br4F4N11O6. The van der Waals surface area contributed by atoms with Gasteiger partial charge in [0.2, 0.25) is 0 Å². The number of hydrogen-bond acceptors (Lipinski definition) is 16. The SMILES string of the molecule is CC1=NOC2CC12.C[C@@]1(c2nc(Br)ccc2F)N=C(N)O[C@H]2C[C@H]21.C[C@@]1(c2nc(Br)ccc2F)N=C(NC(=O)c2ccccc2)O[C@H]2C[C@H]21.C[C@@]1(c2nc(Br)ccc2F)NOC2C[C@H]21.C[C@](N)(c1nc(Br)ccc1F)[C@@H]1CC1O. The molecular weight excluding hydrogens is 1290 g/mol. The molecule has 4 aliphatic heterocycles. The summed E-state index contributed by atoms with van der Waals surface area (Å²) in [6.45, 7) is 9.34. The third-order valence-corrected chi connectivity index (χ3v) is 17.4. The number of nitrogens with zero attached hydrogens (tertiary/aromatic N) is 7. The molecule has 1 amide bonds. The maximum absolute atomic E-state index is 14.4. The minimum atomic E-state index is -0.909. The van der Waals surface area contributed by atoms with Gasteiger partial charge in [0.1, 0.15) is 82.5 Å². The van der Waals surface area contributed by atoms with Crippen LogP contribution in [0, 0.1) is 52.9 Å². The summed E-state index contributed by atoms with van der Waals surface area (Å²) in [6.07, 6.45) is 4.65. The Morgan fingerprint density at radius 2 is 1.19 bits per heavy atom. The highest BCUT2D eigenvalue weighted by molar-refractivity contribution is 9.11. The number of carbonyl (C=O) groups excluding carboxylic acids is 1. The number of amides is 1. The van der Waals surface area contributed by atoms with Gasteiger partial charge in [-0.2, -0.15) is 5.48 Å². The zero-order chi connectivity index (χ0) is 56.5. The number of amidine groups is 2. The zero-order valence-electron chi connectivity index (χ0n) is 43.1. The Labute approximate surface area is 486 Å². The fraction of sp³-hybridized carbons (Fsp3) is 0.444. The molecule has 5 saturated carbocycles. The summed E-state index contributed by atoms with van der Waals surface area (Å²) in [7, 11) is 0. The molecule has 1 saturated heterocycles. The number of aliphatic hydroxyl groups is 1. The van der Waals surface area contributed by atoms with Gasteiger partial charge in [0.25, 0.3) is 18.0 Å². The van der Waals surface area contributed by atoms with E-state index < -0.39 is 39.9 Å². The van der Waals surface area contributed by atoms with E-state index in [1.54, 1.807) is 49.4 Å². The predicted molar refractivity (Wildman–Crippen MR) is 296 cm³/mol. The summed E-state index contributed by atoms with van der Waals surface area (Å²) in [6, 6.07) is 20.8. The first-order chi connectivity index (χ1) is 37.4. The van der Waals surface area contributed by atoms with Crippen LogP contribution >= 0.6 is 63.7 Å². The molecule has 5 aliphatic carbocycles. The van der Waals surface area contributed by atoms with Crippen molar-refractivity contribution < 1.29 is 46.6 Å². The van der Waals surface area contributed by atoms with Crippen molar-refractivity contribution in [3.8, 4) is 0 Å². The minimum Gasteiger partial charge on any atom is -0.462 e. The van der Waals surface area contributed by atoms with Gasteiger partial charge in [-0.3, -0.25) is 14.9 Å². The molecule has 14 rings (SSSR count). The lowest BCUT2D eigenvalue weighted by Crippen LogP contribution is -2.41. The molecule has 1 aromatic carbocycles. The quantitative estimate of drug-likeness (QED) is 0.0787. The number of pyridine rings is 4. The highest BCUT2D eigenvalue weighted by Gasteiger charge is 2.61. The summed E-state index contributed by atoms with van der Waals surface area (Å²) in [5.74, 6) is -0.666. The van der Waals surface area contributed by atoms with E-state index in [2.05, 4.69) is 110 Å². The second kappa shape index (κ2) is 22.0. The molecule has 0 bridgehead atoms. The molecule has 79 heavy (non-hydrogen) atoms. The van der Waals surface area contributed by atoms with Crippen LogP contribution < -0.4 is 22.3 Å². The van der Waals surface area contributed by atoms with Gasteiger partial charge >= 0.3 is 0 Å². The van der Waals surface area contributed by atoms with Crippen LogP contribution in [0.2, 0.25) is 0 Å². The van der Waals surface area contributed by atoms with Gasteiger partial charge in [0, 0.05) is 35.2 Å². The van der Waals surface area contributed by atoms with Crippen molar-refractivity contribution in [2.75, 3.05) is 0 Å². The van der Waals surface area contributed by atoms with Gasteiger partial charge < -0.3 is 30.9 Å². The van der Waals surface area contributed by atoms with Crippen molar-refractivity contribution in [3.05, 3.63) is 149 Å². The number of fused-ring (bicyclic) bond motifs is 4. The van der Waals surface area contributed by atoms with Crippen molar-refractivity contribution >= 4 is 87.4 Å². The third kappa shape index (κ3) is 12.1.